The lowest BCUT2D eigenvalue weighted by atomic mass is 10.2. The molecule has 0 spiro atoms. The molecule has 0 aliphatic heterocycles. The van der Waals surface area contributed by atoms with Gasteiger partial charge in [0.15, 0.2) is 0 Å². The number of rotatable bonds is 3. The summed E-state index contributed by atoms with van der Waals surface area (Å²) in [7, 11) is 0. The third-order valence-corrected chi connectivity index (χ3v) is 2.90. The zero-order valence-electron chi connectivity index (χ0n) is 8.45. The van der Waals surface area contributed by atoms with Crippen molar-refractivity contribution in [3.8, 4) is 0 Å². The van der Waals surface area contributed by atoms with Crippen molar-refractivity contribution in [1.82, 2.24) is 4.98 Å². The maximum atomic E-state index is 5.93. The van der Waals surface area contributed by atoms with Gasteiger partial charge in [-0.05, 0) is 29.8 Å². The molecule has 16 heavy (non-hydrogen) atoms. The Morgan fingerprint density at radius 2 is 1.75 bits per heavy atom. The van der Waals surface area contributed by atoms with Gasteiger partial charge in [0.2, 0.25) is 0 Å². The summed E-state index contributed by atoms with van der Waals surface area (Å²) in [6, 6.07) is 9.43. The summed E-state index contributed by atoms with van der Waals surface area (Å²) in [4.78, 5) is 3.95. The highest BCUT2D eigenvalue weighted by molar-refractivity contribution is 6.42. The summed E-state index contributed by atoms with van der Waals surface area (Å²) >= 11 is 11.8. The van der Waals surface area contributed by atoms with Crippen molar-refractivity contribution in [2.45, 2.75) is 6.54 Å². The van der Waals surface area contributed by atoms with Crippen LogP contribution in [0.1, 0.15) is 5.56 Å². The zero-order valence-corrected chi connectivity index (χ0v) is 9.96. The minimum absolute atomic E-state index is 0.578. The molecule has 0 amide bonds. The predicted molar refractivity (Wildman–Crippen MR) is 68.0 cm³/mol. The lowest BCUT2D eigenvalue weighted by Crippen LogP contribution is -1.99. The van der Waals surface area contributed by atoms with Crippen LogP contribution in [0, 0.1) is 0 Å². The largest absolute Gasteiger partial charge is 0.381 e. The van der Waals surface area contributed by atoms with E-state index in [1.165, 1.54) is 0 Å². The number of nitrogens with zero attached hydrogens (tertiary/aromatic N) is 1. The van der Waals surface area contributed by atoms with Crippen molar-refractivity contribution in [3.05, 3.63) is 58.3 Å². The molecule has 4 heteroatoms. The van der Waals surface area contributed by atoms with E-state index in [0.29, 0.717) is 16.6 Å². The van der Waals surface area contributed by atoms with Gasteiger partial charge < -0.3 is 5.32 Å². The molecule has 1 heterocycles. The van der Waals surface area contributed by atoms with Gasteiger partial charge in [-0.2, -0.15) is 0 Å². The highest BCUT2D eigenvalue weighted by Crippen LogP contribution is 2.22. The number of nitrogens with one attached hydrogen (secondary N) is 1. The molecular formula is C12H10Cl2N2. The number of anilines is 1. The van der Waals surface area contributed by atoms with Crippen molar-refractivity contribution < 1.29 is 0 Å². The second-order valence-electron chi connectivity index (χ2n) is 3.34. The lowest BCUT2D eigenvalue weighted by Gasteiger charge is -2.06. The summed E-state index contributed by atoms with van der Waals surface area (Å²) in [6.45, 7) is 0.709. The van der Waals surface area contributed by atoms with Crippen molar-refractivity contribution >= 4 is 28.9 Å². The Morgan fingerprint density at radius 3 is 2.44 bits per heavy atom. The molecule has 1 aromatic heterocycles. The Morgan fingerprint density at radius 1 is 1.00 bits per heavy atom. The normalized spacial score (nSPS) is 10.1. The van der Waals surface area contributed by atoms with Gasteiger partial charge in [-0.1, -0.05) is 29.3 Å². The van der Waals surface area contributed by atoms with Crippen LogP contribution in [-0.2, 0) is 6.54 Å². The van der Waals surface area contributed by atoms with Crippen LogP contribution in [0.3, 0.4) is 0 Å². The van der Waals surface area contributed by atoms with Crippen molar-refractivity contribution in [3.63, 3.8) is 0 Å². The third-order valence-electron chi connectivity index (χ3n) is 2.16. The fraction of sp³-hybridized carbons (Fsp3) is 0.0833. The van der Waals surface area contributed by atoms with Gasteiger partial charge in [0, 0.05) is 24.6 Å². The van der Waals surface area contributed by atoms with Crippen LogP contribution >= 0.6 is 23.2 Å². The van der Waals surface area contributed by atoms with Crippen LogP contribution in [0.2, 0.25) is 10.0 Å². The third kappa shape index (κ3) is 2.87. The number of aromatic nitrogens is 1. The minimum Gasteiger partial charge on any atom is -0.381 e. The Bertz CT molecular complexity index is 472. The molecule has 82 valence electrons. The van der Waals surface area contributed by atoms with Crippen LogP contribution in [0.25, 0.3) is 0 Å². The van der Waals surface area contributed by atoms with Crippen LogP contribution < -0.4 is 5.32 Å². The molecule has 0 atom stereocenters. The zero-order chi connectivity index (χ0) is 11.4. The second kappa shape index (κ2) is 5.19. The van der Waals surface area contributed by atoms with E-state index in [1.807, 2.05) is 24.3 Å². The molecule has 0 saturated carbocycles. The minimum atomic E-state index is 0.578. The van der Waals surface area contributed by atoms with Gasteiger partial charge in [-0.25, -0.2) is 0 Å². The quantitative estimate of drug-likeness (QED) is 0.894. The average molecular weight is 253 g/mol. The molecule has 2 nitrogen and oxygen atoms in total. The number of pyridine rings is 1. The van der Waals surface area contributed by atoms with Crippen molar-refractivity contribution in [2.75, 3.05) is 5.32 Å². The van der Waals surface area contributed by atoms with Gasteiger partial charge >= 0.3 is 0 Å². The highest BCUT2D eigenvalue weighted by Gasteiger charge is 1.99. The summed E-state index contributed by atoms with van der Waals surface area (Å²) in [6.07, 6.45) is 3.49. The molecule has 2 aromatic rings. The molecule has 0 saturated heterocycles. The molecule has 0 aliphatic rings. The Labute approximate surface area is 104 Å². The molecule has 0 bridgehead atoms. The predicted octanol–water partition coefficient (Wildman–Crippen LogP) is 4.00. The first-order valence-electron chi connectivity index (χ1n) is 4.83. The van der Waals surface area contributed by atoms with E-state index >= 15 is 0 Å². The molecule has 0 aliphatic carbocycles. The highest BCUT2D eigenvalue weighted by atomic mass is 35.5. The van der Waals surface area contributed by atoms with Crippen molar-refractivity contribution in [2.24, 2.45) is 0 Å². The van der Waals surface area contributed by atoms with E-state index in [-0.39, 0.29) is 0 Å². The maximum absolute atomic E-state index is 5.93. The Kier molecular flexibility index (Phi) is 3.65. The monoisotopic (exact) mass is 252 g/mol. The van der Waals surface area contributed by atoms with Crippen LogP contribution in [0.5, 0.6) is 0 Å². The molecule has 0 unspecified atom stereocenters. The summed E-state index contributed by atoms with van der Waals surface area (Å²) in [5.74, 6) is 0. The molecular weight excluding hydrogens is 243 g/mol. The summed E-state index contributed by atoms with van der Waals surface area (Å²) in [5, 5.41) is 4.42. The fourth-order valence-electron chi connectivity index (χ4n) is 1.32. The van der Waals surface area contributed by atoms with E-state index in [1.54, 1.807) is 18.5 Å². The van der Waals surface area contributed by atoms with Crippen LogP contribution in [-0.4, -0.2) is 4.98 Å². The van der Waals surface area contributed by atoms with Gasteiger partial charge in [-0.15, -0.1) is 0 Å². The first kappa shape index (κ1) is 11.2. The molecule has 0 fully saturated rings. The molecule has 1 N–H and O–H groups in total. The van der Waals surface area contributed by atoms with Gasteiger partial charge in [0.1, 0.15) is 0 Å². The topological polar surface area (TPSA) is 24.9 Å². The van der Waals surface area contributed by atoms with Gasteiger partial charge in [0.05, 0.1) is 10.0 Å². The summed E-state index contributed by atoms with van der Waals surface area (Å²) < 4.78 is 0. The first-order valence-corrected chi connectivity index (χ1v) is 5.59. The first-order chi connectivity index (χ1) is 7.75. The fourth-order valence-corrected chi connectivity index (χ4v) is 1.64. The number of hydrogen-bond donors (Lipinski definition) is 1. The number of halogens is 2. The van der Waals surface area contributed by atoms with Gasteiger partial charge in [0.25, 0.3) is 0 Å². The standard InChI is InChI=1S/C12H10Cl2N2/c13-11-2-1-9(7-12(11)14)8-16-10-3-5-15-6-4-10/h1-7H,8H2,(H,15,16). The molecule has 1 aromatic carbocycles. The Balaban J connectivity index is 2.03. The lowest BCUT2D eigenvalue weighted by molar-refractivity contribution is 1.14. The van der Waals surface area contributed by atoms with E-state index < -0.39 is 0 Å². The number of benzene rings is 1. The molecule has 2 rings (SSSR count). The van der Waals surface area contributed by atoms with Crippen molar-refractivity contribution in [1.29, 1.82) is 0 Å². The average Bonchev–Trinajstić information content (AvgIpc) is 2.32. The Hall–Kier alpha value is -1.25. The second-order valence-corrected chi connectivity index (χ2v) is 4.15. The van der Waals surface area contributed by atoms with Gasteiger partial charge in [-0.3, -0.25) is 4.98 Å². The summed E-state index contributed by atoms with van der Waals surface area (Å²) in [5.41, 5.74) is 2.12. The van der Waals surface area contributed by atoms with E-state index in [2.05, 4.69) is 10.3 Å². The molecule has 0 radical (unpaired) electrons. The SMILES string of the molecule is Clc1ccc(CNc2ccncc2)cc1Cl. The van der Waals surface area contributed by atoms with Crippen LogP contribution in [0.15, 0.2) is 42.7 Å². The number of hydrogen-bond acceptors (Lipinski definition) is 2. The van der Waals surface area contributed by atoms with E-state index in [0.717, 1.165) is 11.3 Å². The maximum Gasteiger partial charge on any atom is 0.0595 e. The van der Waals surface area contributed by atoms with E-state index in [9.17, 15) is 0 Å². The smallest absolute Gasteiger partial charge is 0.0595 e. The van der Waals surface area contributed by atoms with E-state index in [4.69, 9.17) is 23.2 Å². The van der Waals surface area contributed by atoms with Crippen LogP contribution in [0.4, 0.5) is 5.69 Å².